The van der Waals surface area contributed by atoms with Crippen LogP contribution in [0, 0.1) is 6.92 Å². The van der Waals surface area contributed by atoms with Crippen LogP contribution in [-0.2, 0) is 16.0 Å². The zero-order chi connectivity index (χ0) is 15.1. The second kappa shape index (κ2) is 4.58. The van der Waals surface area contributed by atoms with Crippen LogP contribution in [0.1, 0.15) is 11.3 Å². The van der Waals surface area contributed by atoms with E-state index in [0.29, 0.717) is 5.56 Å². The minimum Gasteiger partial charge on any atom is -0.222 e. The van der Waals surface area contributed by atoms with Crippen molar-refractivity contribution in [2.75, 3.05) is 6.26 Å². The predicted molar refractivity (Wildman–Crippen MR) is 64.2 cm³/mol. The number of nitrogens with zero attached hydrogens (tertiary/aromatic N) is 3. The van der Waals surface area contributed by atoms with Gasteiger partial charge in [0, 0.05) is 12.5 Å². The van der Waals surface area contributed by atoms with E-state index in [-0.39, 0.29) is 10.8 Å². The molecule has 2 aromatic heterocycles. The Morgan fingerprint density at radius 2 is 1.90 bits per heavy atom. The van der Waals surface area contributed by atoms with Gasteiger partial charge in [-0.05, 0) is 30.7 Å². The largest absolute Gasteiger partial charge is 0.435 e. The number of aryl methyl sites for hydroxylation is 1. The number of hydrogen-bond acceptors (Lipinski definition) is 4. The van der Waals surface area contributed by atoms with Crippen molar-refractivity contribution in [1.82, 2.24) is 14.8 Å². The maximum atomic E-state index is 12.5. The topological polar surface area (TPSA) is 64.8 Å². The molecule has 108 valence electrons. The van der Waals surface area contributed by atoms with Gasteiger partial charge < -0.3 is 0 Å². The van der Waals surface area contributed by atoms with Crippen LogP contribution in [0.2, 0.25) is 0 Å². The van der Waals surface area contributed by atoms with Crippen LogP contribution >= 0.6 is 0 Å². The summed E-state index contributed by atoms with van der Waals surface area (Å²) in [6, 6.07) is 3.58. The minimum absolute atomic E-state index is 0.0147. The normalized spacial score (nSPS) is 12.7. The van der Waals surface area contributed by atoms with Crippen molar-refractivity contribution in [2.24, 2.45) is 0 Å². The molecular weight excluding hydrogens is 295 g/mol. The molecule has 0 atom stereocenters. The van der Waals surface area contributed by atoms with Gasteiger partial charge in [0.15, 0.2) is 26.4 Å². The van der Waals surface area contributed by atoms with E-state index in [1.54, 1.807) is 6.92 Å². The maximum absolute atomic E-state index is 12.5. The highest BCUT2D eigenvalue weighted by Gasteiger charge is 2.33. The molecule has 0 aliphatic rings. The fourth-order valence-electron chi connectivity index (χ4n) is 1.53. The van der Waals surface area contributed by atoms with Crippen LogP contribution in [0.15, 0.2) is 29.4 Å². The molecule has 0 unspecified atom stereocenters. The molecule has 0 radical (unpaired) electrons. The van der Waals surface area contributed by atoms with Crippen LogP contribution in [-0.4, -0.2) is 29.4 Å². The molecule has 0 saturated heterocycles. The smallest absolute Gasteiger partial charge is 0.222 e. The molecule has 2 aromatic rings. The van der Waals surface area contributed by atoms with Crippen molar-refractivity contribution >= 4 is 9.84 Å². The third-order valence-electron chi connectivity index (χ3n) is 2.43. The van der Waals surface area contributed by atoms with Gasteiger partial charge in [-0.3, -0.25) is 0 Å². The maximum Gasteiger partial charge on any atom is 0.435 e. The van der Waals surface area contributed by atoms with Crippen LogP contribution in [0.4, 0.5) is 13.2 Å². The Labute approximate surface area is 113 Å². The van der Waals surface area contributed by atoms with Crippen molar-refractivity contribution < 1.29 is 21.6 Å². The lowest BCUT2D eigenvalue weighted by molar-refractivity contribution is -0.141. The zero-order valence-electron chi connectivity index (χ0n) is 10.5. The summed E-state index contributed by atoms with van der Waals surface area (Å²) in [6.07, 6.45) is -2.51. The van der Waals surface area contributed by atoms with Crippen LogP contribution in [0.5, 0.6) is 0 Å². The molecule has 0 aromatic carbocycles. The van der Waals surface area contributed by atoms with Gasteiger partial charge in [0.05, 0.1) is 0 Å². The second-order valence-corrected chi connectivity index (χ2v) is 6.22. The number of aromatic nitrogens is 3. The standard InChI is InChI=1S/C11H10F3N3O2S/c1-7-5-9(15-10(6-7)20(2,18)19)17-4-3-8(16-17)11(12,13)14/h3-6H,1-2H3. The molecule has 20 heavy (non-hydrogen) atoms. The first-order chi connectivity index (χ1) is 9.07. The van der Waals surface area contributed by atoms with E-state index in [9.17, 15) is 21.6 Å². The van der Waals surface area contributed by atoms with Crippen molar-refractivity contribution in [3.05, 3.63) is 35.7 Å². The summed E-state index contributed by atoms with van der Waals surface area (Å²) >= 11 is 0. The summed E-state index contributed by atoms with van der Waals surface area (Å²) in [4.78, 5) is 3.82. The van der Waals surface area contributed by atoms with Gasteiger partial charge in [0.2, 0.25) is 0 Å². The monoisotopic (exact) mass is 305 g/mol. The highest BCUT2D eigenvalue weighted by molar-refractivity contribution is 7.90. The zero-order valence-corrected chi connectivity index (χ0v) is 11.3. The fourth-order valence-corrected chi connectivity index (χ4v) is 2.19. The van der Waals surface area contributed by atoms with Gasteiger partial charge in [0.1, 0.15) is 0 Å². The predicted octanol–water partition coefficient (Wildman–Crippen LogP) is 2.00. The van der Waals surface area contributed by atoms with Gasteiger partial charge in [-0.25, -0.2) is 18.1 Å². The minimum atomic E-state index is -4.56. The molecule has 2 heterocycles. The lowest BCUT2D eigenvalue weighted by atomic mass is 10.3. The second-order valence-electron chi connectivity index (χ2n) is 4.26. The summed E-state index contributed by atoms with van der Waals surface area (Å²) in [5, 5.41) is 3.14. The Bertz CT molecular complexity index is 751. The Balaban J connectivity index is 2.54. The van der Waals surface area contributed by atoms with E-state index in [4.69, 9.17) is 0 Å². The van der Waals surface area contributed by atoms with Gasteiger partial charge in [0.25, 0.3) is 0 Å². The number of pyridine rings is 1. The summed E-state index contributed by atoms with van der Waals surface area (Å²) in [5.74, 6) is 0.0147. The summed E-state index contributed by atoms with van der Waals surface area (Å²) in [6.45, 7) is 1.62. The molecule has 0 fully saturated rings. The molecule has 5 nitrogen and oxygen atoms in total. The van der Waals surface area contributed by atoms with Crippen LogP contribution in [0.3, 0.4) is 0 Å². The van der Waals surface area contributed by atoms with E-state index in [2.05, 4.69) is 10.1 Å². The van der Waals surface area contributed by atoms with Crippen LogP contribution < -0.4 is 0 Å². The third kappa shape index (κ3) is 2.98. The quantitative estimate of drug-likeness (QED) is 0.851. The number of sulfone groups is 1. The first-order valence-electron chi connectivity index (χ1n) is 5.39. The fraction of sp³-hybridized carbons (Fsp3) is 0.273. The molecule has 0 aliphatic heterocycles. The summed E-state index contributed by atoms with van der Waals surface area (Å²) in [5.41, 5.74) is -0.513. The lowest BCUT2D eigenvalue weighted by Gasteiger charge is -2.06. The number of alkyl halides is 3. The molecule has 0 amide bonds. The average molecular weight is 305 g/mol. The molecule has 9 heteroatoms. The summed E-state index contributed by atoms with van der Waals surface area (Å²) < 4.78 is 61.2. The van der Waals surface area contributed by atoms with E-state index >= 15 is 0 Å². The van der Waals surface area contributed by atoms with Crippen molar-refractivity contribution in [3.63, 3.8) is 0 Å². The molecule has 0 saturated carbocycles. The van der Waals surface area contributed by atoms with Crippen LogP contribution in [0.25, 0.3) is 5.82 Å². The van der Waals surface area contributed by atoms with Crippen molar-refractivity contribution in [1.29, 1.82) is 0 Å². The molecule has 0 bridgehead atoms. The number of rotatable bonds is 2. The Morgan fingerprint density at radius 3 is 2.40 bits per heavy atom. The van der Waals surface area contributed by atoms with Crippen molar-refractivity contribution in [2.45, 2.75) is 18.1 Å². The van der Waals surface area contributed by atoms with Gasteiger partial charge in [-0.2, -0.15) is 18.3 Å². The Hall–Kier alpha value is -1.90. The Kier molecular flexibility index (Phi) is 3.32. The number of hydrogen-bond donors (Lipinski definition) is 0. The van der Waals surface area contributed by atoms with Gasteiger partial charge in [-0.15, -0.1) is 0 Å². The van der Waals surface area contributed by atoms with Crippen molar-refractivity contribution in [3.8, 4) is 5.82 Å². The first kappa shape index (κ1) is 14.5. The average Bonchev–Trinajstić information content (AvgIpc) is 2.75. The van der Waals surface area contributed by atoms with Gasteiger partial charge >= 0.3 is 6.18 Å². The first-order valence-corrected chi connectivity index (χ1v) is 7.28. The highest BCUT2D eigenvalue weighted by atomic mass is 32.2. The molecule has 2 rings (SSSR count). The highest BCUT2D eigenvalue weighted by Crippen LogP contribution is 2.27. The molecular formula is C11H10F3N3O2S. The number of halogens is 3. The molecule has 0 aliphatic carbocycles. The van der Waals surface area contributed by atoms with E-state index in [1.165, 1.54) is 12.1 Å². The van der Waals surface area contributed by atoms with Gasteiger partial charge in [-0.1, -0.05) is 0 Å². The molecule has 0 spiro atoms. The third-order valence-corrected chi connectivity index (χ3v) is 3.40. The Morgan fingerprint density at radius 1 is 1.25 bits per heavy atom. The SMILES string of the molecule is Cc1cc(-n2ccc(C(F)(F)F)n2)nc(S(C)(=O)=O)c1. The van der Waals surface area contributed by atoms with E-state index < -0.39 is 21.7 Å². The van der Waals surface area contributed by atoms with E-state index in [0.717, 1.165) is 23.2 Å². The molecule has 0 N–H and O–H groups in total. The van der Waals surface area contributed by atoms with E-state index in [1.807, 2.05) is 0 Å². The lowest BCUT2D eigenvalue weighted by Crippen LogP contribution is -2.09. The summed E-state index contributed by atoms with van der Waals surface area (Å²) in [7, 11) is -3.55.